The van der Waals surface area contributed by atoms with Crippen LogP contribution >= 0.6 is 0 Å². The number of hydrogen-bond donors (Lipinski definition) is 2. The highest BCUT2D eigenvalue weighted by molar-refractivity contribution is 6.05. The molecular weight excluding hydrogens is 660 g/mol. The molecule has 0 unspecified atom stereocenters. The zero-order chi connectivity index (χ0) is 36.0. The molecule has 4 aromatic rings. The molecule has 2 aromatic heterocycles. The molecule has 4 fully saturated rings. The fraction of sp³-hybridized carbons (Fsp3) is 0.400. The Labute approximate surface area is 303 Å². The Morgan fingerprint density at radius 2 is 1.12 bits per heavy atom. The zero-order valence-corrected chi connectivity index (χ0v) is 30.1. The quantitative estimate of drug-likeness (QED) is 0.214. The Bertz CT molecular complexity index is 1880. The highest BCUT2D eigenvalue weighted by Crippen LogP contribution is 2.39. The van der Waals surface area contributed by atoms with Gasteiger partial charge in [0.15, 0.2) is 0 Å². The number of pyridine rings is 2. The van der Waals surface area contributed by atoms with Gasteiger partial charge in [0.2, 0.25) is 0 Å². The Balaban J connectivity index is 0.939. The van der Waals surface area contributed by atoms with E-state index in [1.165, 1.54) is 0 Å². The lowest BCUT2D eigenvalue weighted by atomic mass is 9.86. The van der Waals surface area contributed by atoms with Crippen LogP contribution in [0.5, 0.6) is 11.5 Å². The average molecular weight is 705 g/mol. The Morgan fingerprint density at radius 3 is 1.46 bits per heavy atom. The molecule has 2 spiro atoms. The smallest absolute Gasteiger partial charge is 0.274 e. The summed E-state index contributed by atoms with van der Waals surface area (Å²) in [6.07, 6.45) is 5.67. The largest absolute Gasteiger partial charge is 0.496 e. The summed E-state index contributed by atoms with van der Waals surface area (Å²) >= 11 is 0. The maximum absolute atomic E-state index is 13.4. The number of methoxy groups -OCH3 is 2. The predicted molar refractivity (Wildman–Crippen MR) is 196 cm³/mol. The minimum absolute atomic E-state index is 0.0449. The van der Waals surface area contributed by atoms with Crippen molar-refractivity contribution >= 4 is 23.2 Å². The van der Waals surface area contributed by atoms with Crippen LogP contribution in [0.3, 0.4) is 0 Å². The summed E-state index contributed by atoms with van der Waals surface area (Å²) in [6, 6.07) is 14.9. The summed E-state index contributed by atoms with van der Waals surface area (Å²) in [7, 11) is 3.22. The van der Waals surface area contributed by atoms with Crippen molar-refractivity contribution in [2.45, 2.75) is 51.0 Å². The van der Waals surface area contributed by atoms with Crippen LogP contribution in [0.4, 0.5) is 11.4 Å². The van der Waals surface area contributed by atoms with Gasteiger partial charge in [0.1, 0.15) is 22.9 Å². The molecule has 12 heteroatoms. The number of ether oxygens (including phenoxy) is 4. The molecule has 4 aliphatic rings. The van der Waals surface area contributed by atoms with Crippen molar-refractivity contribution in [3.05, 3.63) is 94.6 Å². The number of likely N-dealkylation sites (tertiary alicyclic amines) is 2. The summed E-state index contributed by atoms with van der Waals surface area (Å²) in [5.74, 6) is 0.598. The van der Waals surface area contributed by atoms with Gasteiger partial charge < -0.3 is 29.6 Å². The molecule has 6 heterocycles. The lowest BCUT2D eigenvalue weighted by Gasteiger charge is -2.55. The third-order valence-electron chi connectivity index (χ3n) is 11.0. The average Bonchev–Trinajstić information content (AvgIpc) is 3.07. The number of amides is 2. The summed E-state index contributed by atoms with van der Waals surface area (Å²) in [5, 5.41) is 6.09. The number of hydrogen-bond acceptors (Lipinski definition) is 10. The van der Waals surface area contributed by atoms with Crippen molar-refractivity contribution < 1.29 is 28.5 Å². The molecular formula is C40H44N6O6. The van der Waals surface area contributed by atoms with Gasteiger partial charge in [-0.25, -0.2) is 0 Å². The van der Waals surface area contributed by atoms with Crippen molar-refractivity contribution in [2.75, 3.05) is 64.2 Å². The number of carbonyl (C=O) groups excluding carboxylic acids is 2. The van der Waals surface area contributed by atoms with E-state index in [2.05, 4.69) is 30.4 Å². The van der Waals surface area contributed by atoms with Gasteiger partial charge in [-0.1, -0.05) is 24.3 Å². The normalized spacial score (nSPS) is 18.5. The first-order valence-corrected chi connectivity index (χ1v) is 17.8. The second-order valence-electron chi connectivity index (χ2n) is 14.5. The molecule has 4 aliphatic heterocycles. The van der Waals surface area contributed by atoms with Crippen LogP contribution in [0.1, 0.15) is 56.1 Å². The number of nitrogens with zero attached hydrogens (tertiary/aromatic N) is 4. The van der Waals surface area contributed by atoms with Gasteiger partial charge in [-0.3, -0.25) is 29.4 Å². The number of carbonyl (C=O) groups is 2. The highest BCUT2D eigenvalue weighted by atomic mass is 16.5. The van der Waals surface area contributed by atoms with E-state index >= 15 is 0 Å². The molecule has 52 heavy (non-hydrogen) atoms. The predicted octanol–water partition coefficient (Wildman–Crippen LogP) is 5.23. The van der Waals surface area contributed by atoms with Crippen LogP contribution < -0.4 is 20.1 Å². The second kappa shape index (κ2) is 13.6. The van der Waals surface area contributed by atoms with Gasteiger partial charge in [-0.05, 0) is 48.2 Å². The molecule has 2 N–H and O–H groups in total. The number of nitrogens with one attached hydrogen (secondary N) is 2. The SMILES string of the molecule is COc1cc(C(=O)Nc2cccc(-c3cccc(NC(=O)c4cc(OC)c(CN5CC6(CCO6)C5)cn4)c3C)c2C)ncc1CN1CC2(CCO2)C1. The third-order valence-corrected chi connectivity index (χ3v) is 11.0. The van der Waals surface area contributed by atoms with Gasteiger partial charge in [0.25, 0.3) is 11.8 Å². The van der Waals surface area contributed by atoms with E-state index < -0.39 is 0 Å². The standard InChI is InChI=1S/C40H44N6O6/c1-25-29(7-5-9-31(25)43-37(47)33-15-35(49-3)27(17-41-33)19-45-21-39(22-45)11-13-51-39)30-8-6-10-32(26(30)2)44-38(48)34-16-36(50-4)28(18-42-34)20-46-23-40(24-46)12-14-52-40/h5-10,15-18H,11-14,19-24H2,1-4H3,(H,43,47)(H,44,48). The summed E-state index contributed by atoms with van der Waals surface area (Å²) in [6.45, 7) is 10.6. The zero-order valence-electron chi connectivity index (χ0n) is 30.1. The minimum atomic E-state index is -0.330. The molecule has 2 aromatic carbocycles. The van der Waals surface area contributed by atoms with Gasteiger partial charge in [-0.2, -0.15) is 0 Å². The van der Waals surface area contributed by atoms with Gasteiger partial charge in [0, 0.05) is 99.1 Å². The van der Waals surface area contributed by atoms with E-state index in [1.54, 1.807) is 38.7 Å². The van der Waals surface area contributed by atoms with Crippen molar-refractivity contribution in [3.8, 4) is 22.6 Å². The van der Waals surface area contributed by atoms with E-state index in [4.69, 9.17) is 18.9 Å². The molecule has 0 atom stereocenters. The summed E-state index contributed by atoms with van der Waals surface area (Å²) < 4.78 is 22.8. The third kappa shape index (κ3) is 6.40. The van der Waals surface area contributed by atoms with Crippen LogP contribution in [0.2, 0.25) is 0 Å². The van der Waals surface area contributed by atoms with E-state index in [9.17, 15) is 9.59 Å². The molecule has 0 bridgehead atoms. The van der Waals surface area contributed by atoms with E-state index in [1.807, 2.05) is 50.2 Å². The molecule has 270 valence electrons. The Kier molecular flexibility index (Phi) is 8.94. The molecule has 2 amide bonds. The van der Waals surface area contributed by atoms with Crippen molar-refractivity contribution in [1.29, 1.82) is 0 Å². The molecule has 4 saturated heterocycles. The first kappa shape index (κ1) is 34.2. The Morgan fingerprint density at radius 1 is 0.712 bits per heavy atom. The lowest BCUT2D eigenvalue weighted by molar-refractivity contribution is -0.223. The summed E-state index contributed by atoms with van der Waals surface area (Å²) in [4.78, 5) is 40.5. The summed E-state index contributed by atoms with van der Waals surface area (Å²) in [5.41, 5.74) is 7.44. The van der Waals surface area contributed by atoms with Crippen LogP contribution in [0, 0.1) is 13.8 Å². The maximum atomic E-state index is 13.4. The monoisotopic (exact) mass is 704 g/mol. The fourth-order valence-corrected chi connectivity index (χ4v) is 7.82. The van der Waals surface area contributed by atoms with E-state index in [-0.39, 0.29) is 34.4 Å². The number of aromatic nitrogens is 2. The molecule has 0 aliphatic carbocycles. The van der Waals surface area contributed by atoms with Crippen molar-refractivity contribution in [1.82, 2.24) is 19.8 Å². The maximum Gasteiger partial charge on any atom is 0.274 e. The van der Waals surface area contributed by atoms with Gasteiger partial charge >= 0.3 is 0 Å². The number of anilines is 2. The molecule has 12 nitrogen and oxygen atoms in total. The van der Waals surface area contributed by atoms with Crippen LogP contribution in [-0.4, -0.2) is 96.4 Å². The lowest BCUT2D eigenvalue weighted by Crippen LogP contribution is -2.67. The van der Waals surface area contributed by atoms with E-state index in [0.717, 1.165) is 85.6 Å². The van der Waals surface area contributed by atoms with Crippen molar-refractivity contribution in [2.24, 2.45) is 0 Å². The molecule has 8 rings (SSSR count). The first-order valence-electron chi connectivity index (χ1n) is 17.8. The first-order chi connectivity index (χ1) is 25.2. The molecule has 0 saturated carbocycles. The number of rotatable bonds is 11. The highest BCUT2D eigenvalue weighted by Gasteiger charge is 2.49. The minimum Gasteiger partial charge on any atom is -0.496 e. The Hall–Kier alpha value is -4.88. The van der Waals surface area contributed by atoms with Crippen LogP contribution in [-0.2, 0) is 22.6 Å². The topological polar surface area (TPSA) is 127 Å². The fourth-order valence-electron chi connectivity index (χ4n) is 7.82. The number of benzene rings is 2. The van der Waals surface area contributed by atoms with Crippen LogP contribution in [0.15, 0.2) is 60.9 Å². The van der Waals surface area contributed by atoms with Gasteiger partial charge in [0.05, 0.1) is 38.6 Å². The van der Waals surface area contributed by atoms with Crippen molar-refractivity contribution in [3.63, 3.8) is 0 Å². The van der Waals surface area contributed by atoms with Crippen LogP contribution in [0.25, 0.3) is 11.1 Å². The van der Waals surface area contributed by atoms with Gasteiger partial charge in [-0.15, -0.1) is 0 Å². The molecule has 0 radical (unpaired) electrons. The second-order valence-corrected chi connectivity index (χ2v) is 14.5. The van der Waals surface area contributed by atoms with E-state index in [0.29, 0.717) is 36.0 Å².